The Morgan fingerprint density at radius 3 is 2.12 bits per heavy atom. The van der Waals surface area contributed by atoms with Gasteiger partial charge in [0.2, 0.25) is 11.8 Å². The van der Waals surface area contributed by atoms with Crippen LogP contribution in [0.3, 0.4) is 0 Å². The number of sulfonamides is 1. The second-order valence-corrected chi connectivity index (χ2v) is 11.5. The van der Waals surface area contributed by atoms with Crippen LogP contribution in [0.2, 0.25) is 0 Å². The predicted octanol–water partition coefficient (Wildman–Crippen LogP) is 4.81. The molecule has 0 bridgehead atoms. The van der Waals surface area contributed by atoms with Crippen LogP contribution in [0.4, 0.5) is 10.1 Å². The van der Waals surface area contributed by atoms with E-state index in [2.05, 4.69) is 5.32 Å². The molecule has 0 aliphatic heterocycles. The summed E-state index contributed by atoms with van der Waals surface area (Å²) in [7, 11) is -2.83. The maximum atomic E-state index is 14.9. The molecule has 224 valence electrons. The van der Waals surface area contributed by atoms with Crippen molar-refractivity contribution in [2.24, 2.45) is 0 Å². The average molecular weight is 604 g/mol. The van der Waals surface area contributed by atoms with Crippen molar-refractivity contribution < 1.29 is 27.1 Å². The first-order valence-corrected chi connectivity index (χ1v) is 15.3. The van der Waals surface area contributed by atoms with E-state index in [4.69, 9.17) is 4.74 Å². The fourth-order valence-corrected chi connectivity index (χ4v) is 6.15. The summed E-state index contributed by atoms with van der Waals surface area (Å²) in [5.41, 5.74) is 1.12. The molecule has 43 heavy (non-hydrogen) atoms. The van der Waals surface area contributed by atoms with Gasteiger partial charge in [-0.1, -0.05) is 78.9 Å². The normalized spacial score (nSPS) is 11.8. The molecule has 8 nitrogen and oxygen atoms in total. The molecule has 0 saturated heterocycles. The zero-order valence-electron chi connectivity index (χ0n) is 24.0. The third-order valence-corrected chi connectivity index (χ3v) is 8.63. The zero-order valence-corrected chi connectivity index (χ0v) is 24.8. The van der Waals surface area contributed by atoms with Crippen molar-refractivity contribution in [3.8, 4) is 5.75 Å². The first-order chi connectivity index (χ1) is 20.8. The maximum Gasteiger partial charge on any atom is 0.264 e. The third kappa shape index (κ3) is 7.58. The van der Waals surface area contributed by atoms with Crippen molar-refractivity contribution in [1.82, 2.24) is 10.2 Å². The molecule has 1 N–H and O–H groups in total. The van der Waals surface area contributed by atoms with Crippen molar-refractivity contribution in [3.05, 3.63) is 126 Å². The van der Waals surface area contributed by atoms with Crippen LogP contribution in [0.15, 0.2) is 114 Å². The SMILES string of the molecule is CCOc1ccccc1N(CC(=O)N(Cc1ccccc1F)[C@@H](Cc1ccccc1)C(=O)NC)S(=O)(=O)c1ccccc1. The Morgan fingerprint density at radius 1 is 0.860 bits per heavy atom. The summed E-state index contributed by atoms with van der Waals surface area (Å²) in [4.78, 5) is 28.8. The quantitative estimate of drug-likeness (QED) is 0.237. The van der Waals surface area contributed by atoms with Crippen LogP contribution in [0.1, 0.15) is 18.1 Å². The van der Waals surface area contributed by atoms with Gasteiger partial charge in [-0.25, -0.2) is 12.8 Å². The molecule has 4 rings (SSSR count). The lowest BCUT2D eigenvalue weighted by atomic mass is 10.0. The third-order valence-electron chi connectivity index (χ3n) is 6.86. The highest BCUT2D eigenvalue weighted by Crippen LogP contribution is 2.33. The molecule has 0 aliphatic carbocycles. The van der Waals surface area contributed by atoms with E-state index in [1.54, 1.807) is 55.5 Å². The number of carbonyl (C=O) groups is 2. The van der Waals surface area contributed by atoms with Crippen molar-refractivity contribution in [2.75, 3.05) is 24.5 Å². The van der Waals surface area contributed by atoms with Gasteiger partial charge in [0.05, 0.1) is 17.2 Å². The van der Waals surface area contributed by atoms with Gasteiger partial charge < -0.3 is 15.0 Å². The summed E-state index contributed by atoms with van der Waals surface area (Å²) in [5.74, 6) is -1.45. The molecule has 0 unspecified atom stereocenters. The number of halogens is 1. The Kier molecular flexibility index (Phi) is 10.5. The highest BCUT2D eigenvalue weighted by molar-refractivity contribution is 7.92. The number of hydrogen-bond acceptors (Lipinski definition) is 5. The van der Waals surface area contributed by atoms with Gasteiger partial charge in [0, 0.05) is 25.6 Å². The van der Waals surface area contributed by atoms with E-state index in [-0.39, 0.29) is 41.5 Å². The average Bonchev–Trinajstić information content (AvgIpc) is 3.03. The number of nitrogens with zero attached hydrogens (tertiary/aromatic N) is 2. The van der Waals surface area contributed by atoms with E-state index < -0.39 is 40.2 Å². The van der Waals surface area contributed by atoms with E-state index in [0.717, 1.165) is 9.87 Å². The summed E-state index contributed by atoms with van der Waals surface area (Å²) < 4.78 is 49.8. The van der Waals surface area contributed by atoms with Crippen molar-refractivity contribution in [3.63, 3.8) is 0 Å². The summed E-state index contributed by atoms with van der Waals surface area (Å²) in [6.45, 7) is 1.10. The molecule has 0 heterocycles. The summed E-state index contributed by atoms with van der Waals surface area (Å²) >= 11 is 0. The fourth-order valence-electron chi connectivity index (χ4n) is 4.70. The van der Waals surface area contributed by atoms with Gasteiger partial charge in [-0.15, -0.1) is 0 Å². The molecule has 0 aliphatic rings. The van der Waals surface area contributed by atoms with Crippen LogP contribution in [0, 0.1) is 5.82 Å². The van der Waals surface area contributed by atoms with E-state index in [9.17, 15) is 22.4 Å². The van der Waals surface area contributed by atoms with Gasteiger partial charge in [0.15, 0.2) is 0 Å². The molecular weight excluding hydrogens is 569 g/mol. The number of anilines is 1. The Hall–Kier alpha value is -4.70. The van der Waals surface area contributed by atoms with Gasteiger partial charge in [0.25, 0.3) is 10.0 Å². The number of ether oxygens (including phenoxy) is 1. The highest BCUT2D eigenvalue weighted by Gasteiger charge is 2.35. The molecular formula is C33H34FN3O5S. The van der Waals surface area contributed by atoms with Crippen molar-refractivity contribution in [1.29, 1.82) is 0 Å². The Bertz CT molecular complexity index is 1630. The molecule has 0 fully saturated rings. The molecule has 0 aromatic heterocycles. The van der Waals surface area contributed by atoms with Crippen molar-refractivity contribution >= 4 is 27.5 Å². The lowest BCUT2D eigenvalue weighted by Crippen LogP contribution is -2.53. The number of hydrogen-bond donors (Lipinski definition) is 1. The number of rotatable bonds is 13. The van der Waals surface area contributed by atoms with Crippen LogP contribution in [-0.4, -0.2) is 51.4 Å². The fraction of sp³-hybridized carbons (Fsp3) is 0.212. The van der Waals surface area contributed by atoms with Gasteiger partial charge in [-0.05, 0) is 42.8 Å². The number of nitrogens with one attached hydrogen (secondary N) is 1. The molecule has 4 aromatic carbocycles. The minimum atomic E-state index is -4.28. The minimum Gasteiger partial charge on any atom is -0.492 e. The topological polar surface area (TPSA) is 96.0 Å². The number of para-hydroxylation sites is 2. The summed E-state index contributed by atoms with van der Waals surface area (Å²) in [5, 5.41) is 2.61. The number of amides is 2. The number of carbonyl (C=O) groups excluding carboxylic acids is 2. The molecule has 0 spiro atoms. The van der Waals surface area contributed by atoms with Crippen LogP contribution >= 0.6 is 0 Å². The van der Waals surface area contributed by atoms with Gasteiger partial charge >= 0.3 is 0 Å². The molecule has 0 saturated carbocycles. The maximum absolute atomic E-state index is 14.9. The molecule has 1 atom stereocenters. The Labute approximate surface area is 251 Å². The first kappa shape index (κ1) is 31.2. The van der Waals surface area contributed by atoms with E-state index in [1.807, 2.05) is 30.3 Å². The van der Waals surface area contributed by atoms with Gasteiger partial charge in [-0.2, -0.15) is 0 Å². The Morgan fingerprint density at radius 2 is 1.47 bits per heavy atom. The lowest BCUT2D eigenvalue weighted by molar-refractivity contribution is -0.139. The monoisotopic (exact) mass is 603 g/mol. The van der Waals surface area contributed by atoms with Gasteiger partial charge in [-0.3, -0.25) is 13.9 Å². The Balaban J connectivity index is 1.82. The molecule has 10 heteroatoms. The van der Waals surface area contributed by atoms with E-state index in [1.165, 1.54) is 42.3 Å². The van der Waals surface area contributed by atoms with Gasteiger partial charge in [0.1, 0.15) is 24.2 Å². The van der Waals surface area contributed by atoms with Crippen LogP contribution < -0.4 is 14.4 Å². The van der Waals surface area contributed by atoms with Crippen LogP contribution in [0.5, 0.6) is 5.75 Å². The molecule has 0 radical (unpaired) electrons. The molecule has 4 aromatic rings. The summed E-state index contributed by atoms with van der Waals surface area (Å²) in [6.07, 6.45) is 0.127. The number of likely N-dealkylation sites (N-methyl/N-ethyl adjacent to an activating group) is 1. The van der Waals surface area contributed by atoms with Crippen LogP contribution in [-0.2, 0) is 32.6 Å². The standard InChI is InChI=1S/C33H34FN3O5S/c1-3-42-31-21-13-12-20-29(31)37(43(40,41)27-17-8-5-9-18-27)24-32(38)36(23-26-16-10-11-19-28(26)34)30(33(39)35-2)22-25-14-6-4-7-15-25/h4-21,30H,3,22-24H2,1-2H3,(H,35,39)/t30-/m0/s1. The predicted molar refractivity (Wildman–Crippen MR) is 164 cm³/mol. The number of benzene rings is 4. The second-order valence-electron chi connectivity index (χ2n) is 9.66. The minimum absolute atomic E-state index is 0.0260. The second kappa shape index (κ2) is 14.5. The van der Waals surface area contributed by atoms with E-state index in [0.29, 0.717) is 0 Å². The highest BCUT2D eigenvalue weighted by atomic mass is 32.2. The largest absolute Gasteiger partial charge is 0.492 e. The first-order valence-electron chi connectivity index (χ1n) is 13.8. The van der Waals surface area contributed by atoms with Crippen molar-refractivity contribution in [2.45, 2.75) is 30.8 Å². The zero-order chi connectivity index (χ0) is 30.8. The van der Waals surface area contributed by atoms with E-state index >= 15 is 0 Å². The lowest BCUT2D eigenvalue weighted by Gasteiger charge is -2.34. The smallest absolute Gasteiger partial charge is 0.264 e. The summed E-state index contributed by atoms with van der Waals surface area (Å²) in [6, 6.07) is 28.3. The van der Waals surface area contributed by atoms with Crippen LogP contribution in [0.25, 0.3) is 0 Å². The molecule has 2 amide bonds.